The number of carbonyl (C=O) groups is 1. The Bertz CT molecular complexity index is 624. The number of amides is 1. The molecule has 1 aliphatic carbocycles. The number of thioether (sulfide) groups is 1. The highest BCUT2D eigenvalue weighted by atomic mass is 32.2. The molecule has 1 amide bonds. The lowest BCUT2D eigenvalue weighted by Crippen LogP contribution is -2.41. The van der Waals surface area contributed by atoms with Crippen molar-refractivity contribution < 1.29 is 9.21 Å². The first-order valence-electron chi connectivity index (χ1n) is 8.08. The van der Waals surface area contributed by atoms with Crippen LogP contribution in [-0.2, 0) is 10.5 Å². The highest BCUT2D eigenvalue weighted by Crippen LogP contribution is 2.26. The number of rotatable bonds is 6. The normalized spacial score (nSPS) is 21.3. The lowest BCUT2D eigenvalue weighted by Gasteiger charge is -2.29. The standard InChI is InChI=1S/C17H22N2O2S2/c1-12-5-2-3-6-14(12)19-16(20)11-22-9-13-10-23-17(18-13)15-7-4-8-21-15/h4,7-8,10,12,14H,2-3,5-6,9,11H2,1H3,(H,19,20)/t12-,14+/m0/s1. The molecule has 124 valence electrons. The van der Waals surface area contributed by atoms with Crippen LogP contribution in [0.2, 0.25) is 0 Å². The van der Waals surface area contributed by atoms with Crippen LogP contribution < -0.4 is 5.32 Å². The Hall–Kier alpha value is -1.27. The fourth-order valence-electron chi connectivity index (χ4n) is 2.91. The molecule has 2 aromatic rings. The fraction of sp³-hybridized carbons (Fsp3) is 0.529. The summed E-state index contributed by atoms with van der Waals surface area (Å²) in [7, 11) is 0. The number of thiazole rings is 1. The number of hydrogen-bond acceptors (Lipinski definition) is 5. The first kappa shape index (κ1) is 16.6. The number of aromatic nitrogens is 1. The Kier molecular flexibility index (Phi) is 5.78. The smallest absolute Gasteiger partial charge is 0.230 e. The first-order valence-corrected chi connectivity index (χ1v) is 10.1. The molecule has 1 N–H and O–H groups in total. The average Bonchev–Trinajstić information content (AvgIpc) is 3.20. The Labute approximate surface area is 145 Å². The van der Waals surface area contributed by atoms with Crippen molar-refractivity contribution in [1.82, 2.24) is 10.3 Å². The number of furan rings is 1. The number of nitrogens with zero attached hydrogens (tertiary/aromatic N) is 1. The van der Waals surface area contributed by atoms with Crippen molar-refractivity contribution in [3.05, 3.63) is 29.5 Å². The van der Waals surface area contributed by atoms with E-state index in [2.05, 4.69) is 17.2 Å². The molecule has 0 spiro atoms. The molecule has 0 aliphatic heterocycles. The van der Waals surface area contributed by atoms with Gasteiger partial charge in [-0.3, -0.25) is 4.79 Å². The van der Waals surface area contributed by atoms with Gasteiger partial charge in [0.2, 0.25) is 5.91 Å². The third-order valence-corrected chi connectivity index (χ3v) is 6.10. The summed E-state index contributed by atoms with van der Waals surface area (Å²) >= 11 is 3.19. The van der Waals surface area contributed by atoms with Crippen LogP contribution in [0.25, 0.3) is 10.8 Å². The van der Waals surface area contributed by atoms with Crippen molar-refractivity contribution in [3.63, 3.8) is 0 Å². The van der Waals surface area contributed by atoms with Gasteiger partial charge in [-0.25, -0.2) is 4.98 Å². The van der Waals surface area contributed by atoms with Gasteiger partial charge in [-0.05, 0) is 30.9 Å². The molecule has 2 heterocycles. The second-order valence-electron chi connectivity index (χ2n) is 6.05. The SMILES string of the molecule is C[C@H]1CCCC[C@H]1NC(=O)CSCc1csc(-c2ccco2)n1. The molecule has 2 atom stereocenters. The maximum Gasteiger partial charge on any atom is 0.230 e. The molecule has 3 rings (SSSR count). The van der Waals surface area contributed by atoms with Gasteiger partial charge in [-0.2, -0.15) is 0 Å². The summed E-state index contributed by atoms with van der Waals surface area (Å²) in [6.07, 6.45) is 6.53. The zero-order chi connectivity index (χ0) is 16.1. The molecule has 2 aromatic heterocycles. The van der Waals surface area contributed by atoms with E-state index in [0.29, 0.717) is 17.7 Å². The Morgan fingerprint density at radius 1 is 1.48 bits per heavy atom. The van der Waals surface area contributed by atoms with Gasteiger partial charge in [-0.15, -0.1) is 23.1 Å². The molecular weight excluding hydrogens is 328 g/mol. The van der Waals surface area contributed by atoms with Gasteiger partial charge in [0.25, 0.3) is 0 Å². The fourth-order valence-corrected chi connectivity index (χ4v) is 4.53. The topological polar surface area (TPSA) is 55.1 Å². The predicted octanol–water partition coefficient (Wildman–Crippen LogP) is 4.33. The second-order valence-corrected chi connectivity index (χ2v) is 7.89. The van der Waals surface area contributed by atoms with E-state index < -0.39 is 0 Å². The molecule has 0 unspecified atom stereocenters. The van der Waals surface area contributed by atoms with E-state index in [1.54, 1.807) is 29.4 Å². The minimum Gasteiger partial charge on any atom is -0.462 e. The monoisotopic (exact) mass is 350 g/mol. The van der Waals surface area contributed by atoms with Gasteiger partial charge >= 0.3 is 0 Å². The van der Waals surface area contributed by atoms with Crippen molar-refractivity contribution in [3.8, 4) is 10.8 Å². The van der Waals surface area contributed by atoms with E-state index in [1.807, 2.05) is 17.5 Å². The van der Waals surface area contributed by atoms with E-state index in [4.69, 9.17) is 4.42 Å². The molecule has 1 fully saturated rings. The largest absolute Gasteiger partial charge is 0.462 e. The lowest BCUT2D eigenvalue weighted by molar-refractivity contribution is -0.119. The quantitative estimate of drug-likeness (QED) is 0.842. The highest BCUT2D eigenvalue weighted by Gasteiger charge is 2.22. The Morgan fingerprint density at radius 3 is 3.13 bits per heavy atom. The van der Waals surface area contributed by atoms with Crippen LogP contribution in [0.15, 0.2) is 28.2 Å². The van der Waals surface area contributed by atoms with Gasteiger partial charge in [0.15, 0.2) is 10.8 Å². The first-order chi connectivity index (χ1) is 11.2. The van der Waals surface area contributed by atoms with Crippen molar-refractivity contribution in [1.29, 1.82) is 0 Å². The van der Waals surface area contributed by atoms with E-state index >= 15 is 0 Å². The maximum atomic E-state index is 12.1. The summed E-state index contributed by atoms with van der Waals surface area (Å²) in [5.74, 6) is 2.81. The van der Waals surface area contributed by atoms with E-state index in [1.165, 1.54) is 19.3 Å². The van der Waals surface area contributed by atoms with Crippen LogP contribution >= 0.6 is 23.1 Å². The molecule has 0 bridgehead atoms. The van der Waals surface area contributed by atoms with Gasteiger partial charge in [0.1, 0.15) is 0 Å². The number of hydrogen-bond donors (Lipinski definition) is 1. The second kappa shape index (κ2) is 8.02. The summed E-state index contributed by atoms with van der Waals surface area (Å²) in [6, 6.07) is 4.14. The molecule has 0 radical (unpaired) electrons. The third kappa shape index (κ3) is 4.61. The molecular formula is C17H22N2O2S2. The summed E-state index contributed by atoms with van der Waals surface area (Å²) in [4.78, 5) is 16.6. The van der Waals surface area contributed by atoms with Crippen LogP contribution in [0.1, 0.15) is 38.3 Å². The minimum atomic E-state index is 0.148. The van der Waals surface area contributed by atoms with E-state index in [-0.39, 0.29) is 5.91 Å². The van der Waals surface area contributed by atoms with Crippen LogP contribution in [0, 0.1) is 5.92 Å². The zero-order valence-electron chi connectivity index (χ0n) is 13.3. The average molecular weight is 351 g/mol. The Morgan fingerprint density at radius 2 is 2.35 bits per heavy atom. The zero-order valence-corrected chi connectivity index (χ0v) is 14.9. The molecule has 23 heavy (non-hydrogen) atoms. The molecule has 1 aliphatic rings. The van der Waals surface area contributed by atoms with E-state index in [9.17, 15) is 4.79 Å². The summed E-state index contributed by atoms with van der Waals surface area (Å²) in [5.41, 5.74) is 1.00. The van der Waals surface area contributed by atoms with E-state index in [0.717, 1.165) is 28.6 Å². The molecule has 1 saturated carbocycles. The van der Waals surface area contributed by atoms with Crippen molar-refractivity contribution in [2.24, 2.45) is 5.92 Å². The third-order valence-electron chi connectivity index (χ3n) is 4.22. The van der Waals surface area contributed by atoms with Crippen molar-refractivity contribution in [2.75, 3.05) is 5.75 Å². The molecule has 0 aromatic carbocycles. The minimum absolute atomic E-state index is 0.148. The van der Waals surface area contributed by atoms with Crippen LogP contribution in [0.4, 0.5) is 0 Å². The van der Waals surface area contributed by atoms with Gasteiger partial charge in [0.05, 0.1) is 17.7 Å². The summed E-state index contributed by atoms with van der Waals surface area (Å²) in [6.45, 7) is 2.24. The van der Waals surface area contributed by atoms with Crippen LogP contribution in [0.3, 0.4) is 0 Å². The Balaban J connectivity index is 1.41. The van der Waals surface area contributed by atoms with Crippen LogP contribution in [0.5, 0.6) is 0 Å². The van der Waals surface area contributed by atoms with Crippen molar-refractivity contribution >= 4 is 29.0 Å². The number of carbonyl (C=O) groups excluding carboxylic acids is 1. The van der Waals surface area contributed by atoms with Crippen LogP contribution in [-0.4, -0.2) is 22.7 Å². The maximum absolute atomic E-state index is 12.1. The number of nitrogens with one attached hydrogen (secondary N) is 1. The van der Waals surface area contributed by atoms with Gasteiger partial charge < -0.3 is 9.73 Å². The molecule has 4 nitrogen and oxygen atoms in total. The molecule has 0 saturated heterocycles. The summed E-state index contributed by atoms with van der Waals surface area (Å²) < 4.78 is 5.35. The predicted molar refractivity (Wildman–Crippen MR) is 95.5 cm³/mol. The highest BCUT2D eigenvalue weighted by molar-refractivity contribution is 7.99. The van der Waals surface area contributed by atoms with Gasteiger partial charge in [-0.1, -0.05) is 19.8 Å². The van der Waals surface area contributed by atoms with Gasteiger partial charge in [0, 0.05) is 17.2 Å². The lowest BCUT2D eigenvalue weighted by atomic mass is 9.86. The molecule has 6 heteroatoms. The summed E-state index contributed by atoms with van der Waals surface area (Å²) in [5, 5.41) is 6.12. The van der Waals surface area contributed by atoms with Crippen molar-refractivity contribution in [2.45, 2.75) is 44.4 Å².